The third-order valence-corrected chi connectivity index (χ3v) is 4.75. The van der Waals surface area contributed by atoms with Crippen LogP contribution in [0.4, 0.5) is 5.69 Å². The lowest BCUT2D eigenvalue weighted by atomic mass is 10.1. The zero-order valence-corrected chi connectivity index (χ0v) is 15.8. The molecule has 1 aliphatic rings. The van der Waals surface area contributed by atoms with Gasteiger partial charge in [-0.3, -0.25) is 9.59 Å². The fraction of sp³-hybridized carbons (Fsp3) is 0.333. The molecule has 2 aromatic rings. The topological polar surface area (TPSA) is 67.9 Å². The van der Waals surface area contributed by atoms with Gasteiger partial charge >= 0.3 is 0 Å². The Morgan fingerprint density at radius 2 is 1.89 bits per heavy atom. The van der Waals surface area contributed by atoms with Crippen LogP contribution in [0.25, 0.3) is 0 Å². The number of carbonyl (C=O) groups excluding carboxylic acids is 2. The molecular formula is C21H24N2O4. The van der Waals surface area contributed by atoms with E-state index < -0.39 is 0 Å². The highest BCUT2D eigenvalue weighted by Crippen LogP contribution is 2.31. The molecule has 6 nitrogen and oxygen atoms in total. The molecule has 1 aliphatic heterocycles. The zero-order chi connectivity index (χ0) is 19.4. The summed E-state index contributed by atoms with van der Waals surface area (Å²) in [6.07, 6.45) is 0.420. The van der Waals surface area contributed by atoms with Crippen molar-refractivity contribution in [1.82, 2.24) is 5.32 Å². The summed E-state index contributed by atoms with van der Waals surface area (Å²) in [4.78, 5) is 26.7. The van der Waals surface area contributed by atoms with Crippen molar-refractivity contribution >= 4 is 17.5 Å². The molecule has 0 radical (unpaired) electrons. The molecule has 1 heterocycles. The van der Waals surface area contributed by atoms with E-state index in [0.717, 1.165) is 11.3 Å². The monoisotopic (exact) mass is 368 g/mol. The Morgan fingerprint density at radius 1 is 1.15 bits per heavy atom. The van der Waals surface area contributed by atoms with E-state index in [-0.39, 0.29) is 17.7 Å². The highest BCUT2D eigenvalue weighted by atomic mass is 16.5. The van der Waals surface area contributed by atoms with Gasteiger partial charge in [0.25, 0.3) is 5.91 Å². The standard InChI is InChI=1S/C21H24N2O4/c1-14-7-9-16(10-8-14)23-13-15(11-19(23)24)12-22-21(25)17-5-4-6-18(26-2)20(17)27-3/h4-10,15H,11-13H2,1-3H3,(H,22,25). The highest BCUT2D eigenvalue weighted by molar-refractivity contribution is 5.98. The normalized spacial score (nSPS) is 16.3. The minimum atomic E-state index is -0.244. The Bertz CT molecular complexity index is 833. The highest BCUT2D eigenvalue weighted by Gasteiger charge is 2.31. The lowest BCUT2D eigenvalue weighted by molar-refractivity contribution is -0.117. The van der Waals surface area contributed by atoms with Gasteiger partial charge in [0.05, 0.1) is 19.8 Å². The van der Waals surface area contributed by atoms with Crippen LogP contribution in [0, 0.1) is 12.8 Å². The number of anilines is 1. The minimum Gasteiger partial charge on any atom is -0.493 e. The van der Waals surface area contributed by atoms with E-state index in [1.54, 1.807) is 23.1 Å². The number of aryl methyl sites for hydroxylation is 1. The maximum atomic E-state index is 12.6. The van der Waals surface area contributed by atoms with E-state index in [1.807, 2.05) is 31.2 Å². The van der Waals surface area contributed by atoms with Crippen LogP contribution in [0.15, 0.2) is 42.5 Å². The van der Waals surface area contributed by atoms with E-state index in [1.165, 1.54) is 14.2 Å². The average Bonchev–Trinajstić information content (AvgIpc) is 3.06. The molecular weight excluding hydrogens is 344 g/mol. The predicted octanol–water partition coefficient (Wildman–Crippen LogP) is 2.80. The molecule has 0 aromatic heterocycles. The smallest absolute Gasteiger partial charge is 0.255 e. The fourth-order valence-corrected chi connectivity index (χ4v) is 3.29. The summed E-state index contributed by atoms with van der Waals surface area (Å²) in [6.45, 7) is 3.03. The first kappa shape index (κ1) is 18.8. The van der Waals surface area contributed by atoms with Crippen LogP contribution >= 0.6 is 0 Å². The van der Waals surface area contributed by atoms with Gasteiger partial charge in [-0.1, -0.05) is 23.8 Å². The molecule has 142 valence electrons. The van der Waals surface area contributed by atoms with Crippen LogP contribution in [-0.4, -0.2) is 39.1 Å². The number of nitrogens with one attached hydrogen (secondary N) is 1. The van der Waals surface area contributed by atoms with Gasteiger partial charge in [0.2, 0.25) is 5.91 Å². The van der Waals surface area contributed by atoms with Gasteiger partial charge in [-0.25, -0.2) is 0 Å². The van der Waals surface area contributed by atoms with E-state index in [4.69, 9.17) is 9.47 Å². The summed E-state index contributed by atoms with van der Waals surface area (Å²) >= 11 is 0. The van der Waals surface area contributed by atoms with Gasteiger partial charge in [0.1, 0.15) is 0 Å². The number of hydrogen-bond donors (Lipinski definition) is 1. The van der Waals surface area contributed by atoms with Gasteiger partial charge in [-0.05, 0) is 31.2 Å². The molecule has 0 aliphatic carbocycles. The second kappa shape index (κ2) is 8.12. The average molecular weight is 368 g/mol. The van der Waals surface area contributed by atoms with Crippen LogP contribution in [0.1, 0.15) is 22.3 Å². The molecule has 1 atom stereocenters. The molecule has 27 heavy (non-hydrogen) atoms. The zero-order valence-electron chi connectivity index (χ0n) is 15.8. The van der Waals surface area contributed by atoms with Crippen molar-refractivity contribution in [1.29, 1.82) is 0 Å². The number of amides is 2. The molecule has 1 N–H and O–H groups in total. The number of ether oxygens (including phenoxy) is 2. The fourth-order valence-electron chi connectivity index (χ4n) is 3.29. The number of hydrogen-bond acceptors (Lipinski definition) is 4. The van der Waals surface area contributed by atoms with Gasteiger partial charge < -0.3 is 19.7 Å². The predicted molar refractivity (Wildman–Crippen MR) is 104 cm³/mol. The summed E-state index contributed by atoms with van der Waals surface area (Å²) in [5.41, 5.74) is 2.46. The summed E-state index contributed by atoms with van der Waals surface area (Å²) in [6, 6.07) is 13.1. The van der Waals surface area contributed by atoms with Crippen LogP contribution in [0.2, 0.25) is 0 Å². The lowest BCUT2D eigenvalue weighted by Crippen LogP contribution is -2.31. The molecule has 0 bridgehead atoms. The number of carbonyl (C=O) groups is 2. The first-order chi connectivity index (χ1) is 13.0. The van der Waals surface area contributed by atoms with Crippen molar-refractivity contribution < 1.29 is 19.1 Å². The number of benzene rings is 2. The second-order valence-electron chi connectivity index (χ2n) is 6.66. The van der Waals surface area contributed by atoms with E-state index >= 15 is 0 Å². The van der Waals surface area contributed by atoms with Gasteiger partial charge in [-0.15, -0.1) is 0 Å². The molecule has 1 unspecified atom stereocenters. The Hall–Kier alpha value is -3.02. The first-order valence-electron chi connectivity index (χ1n) is 8.89. The molecule has 2 amide bonds. The third kappa shape index (κ3) is 4.05. The Kier molecular flexibility index (Phi) is 5.64. The van der Waals surface area contributed by atoms with Crippen molar-refractivity contribution in [3.8, 4) is 11.5 Å². The summed E-state index contributed by atoms with van der Waals surface area (Å²) in [5, 5.41) is 2.92. The van der Waals surface area contributed by atoms with Crippen LogP contribution in [0.5, 0.6) is 11.5 Å². The van der Waals surface area contributed by atoms with Crippen molar-refractivity contribution in [3.63, 3.8) is 0 Å². The van der Waals surface area contributed by atoms with Gasteiger partial charge in [-0.2, -0.15) is 0 Å². The summed E-state index contributed by atoms with van der Waals surface area (Å²) in [5.74, 6) is 0.816. The van der Waals surface area contributed by atoms with Crippen molar-refractivity contribution in [2.24, 2.45) is 5.92 Å². The van der Waals surface area contributed by atoms with E-state index in [9.17, 15) is 9.59 Å². The number of nitrogens with zero attached hydrogens (tertiary/aromatic N) is 1. The number of rotatable bonds is 6. The Labute approximate surface area is 159 Å². The van der Waals surface area contributed by atoms with E-state index in [0.29, 0.717) is 36.6 Å². The van der Waals surface area contributed by atoms with Crippen LogP contribution in [-0.2, 0) is 4.79 Å². The van der Waals surface area contributed by atoms with Gasteiger partial charge in [0.15, 0.2) is 11.5 Å². The van der Waals surface area contributed by atoms with Crippen molar-refractivity contribution in [3.05, 3.63) is 53.6 Å². The summed E-state index contributed by atoms with van der Waals surface area (Å²) in [7, 11) is 3.03. The number of methoxy groups -OCH3 is 2. The number of para-hydroxylation sites is 1. The molecule has 1 fully saturated rings. The molecule has 3 rings (SSSR count). The Balaban J connectivity index is 1.63. The molecule has 1 saturated heterocycles. The molecule has 6 heteroatoms. The SMILES string of the molecule is COc1cccc(C(=O)NCC2CC(=O)N(c3ccc(C)cc3)C2)c1OC. The first-order valence-corrected chi connectivity index (χ1v) is 8.89. The minimum absolute atomic E-state index is 0.0688. The van der Waals surface area contributed by atoms with Crippen LogP contribution in [0.3, 0.4) is 0 Å². The van der Waals surface area contributed by atoms with Crippen molar-refractivity contribution in [2.45, 2.75) is 13.3 Å². The maximum absolute atomic E-state index is 12.6. The van der Waals surface area contributed by atoms with Crippen LogP contribution < -0.4 is 19.7 Å². The largest absolute Gasteiger partial charge is 0.493 e. The third-order valence-electron chi connectivity index (χ3n) is 4.75. The lowest BCUT2D eigenvalue weighted by Gasteiger charge is -2.17. The molecule has 2 aromatic carbocycles. The maximum Gasteiger partial charge on any atom is 0.255 e. The van der Waals surface area contributed by atoms with Crippen molar-refractivity contribution in [2.75, 3.05) is 32.2 Å². The molecule has 0 saturated carbocycles. The van der Waals surface area contributed by atoms with Gasteiger partial charge in [0, 0.05) is 31.1 Å². The summed E-state index contributed by atoms with van der Waals surface area (Å²) < 4.78 is 10.5. The molecule has 0 spiro atoms. The second-order valence-corrected chi connectivity index (χ2v) is 6.66. The van der Waals surface area contributed by atoms with E-state index in [2.05, 4.69) is 5.32 Å². The Morgan fingerprint density at radius 3 is 2.56 bits per heavy atom. The quantitative estimate of drug-likeness (QED) is 0.851.